The molecule has 0 saturated heterocycles. The van der Waals surface area contributed by atoms with Gasteiger partial charge in [0, 0.05) is 0 Å². The molecule has 10 nitrogen and oxygen atoms in total. The molecule has 0 radical (unpaired) electrons. The quantitative estimate of drug-likeness (QED) is 0.698. The Morgan fingerprint density at radius 2 is 1.82 bits per heavy atom. The molecule has 0 aliphatic rings. The lowest BCUT2D eigenvalue weighted by atomic mass is 10.3. The highest BCUT2D eigenvalue weighted by molar-refractivity contribution is 7.90. The van der Waals surface area contributed by atoms with E-state index in [-0.39, 0.29) is 17.7 Å². The average Bonchev–Trinajstić information content (AvgIpc) is 2.62. The van der Waals surface area contributed by atoms with Gasteiger partial charge in [-0.2, -0.15) is 18.7 Å². The second-order valence-electron chi connectivity index (χ2n) is 5.08. The van der Waals surface area contributed by atoms with Gasteiger partial charge in [0.2, 0.25) is 5.88 Å². The SMILES string of the molecule is COc1nc(NC(=O)NS(=O)(=O)c2ccccc2OC(F)F)c(C)c(OC)n1. The summed E-state index contributed by atoms with van der Waals surface area (Å²) in [7, 11) is -1.90. The highest BCUT2D eigenvalue weighted by Gasteiger charge is 2.24. The van der Waals surface area contributed by atoms with E-state index < -0.39 is 33.3 Å². The molecule has 1 heterocycles. The number of hydrogen-bond donors (Lipinski definition) is 2. The summed E-state index contributed by atoms with van der Waals surface area (Å²) in [6.07, 6.45) is 0. The molecule has 1 aromatic heterocycles. The smallest absolute Gasteiger partial charge is 0.387 e. The summed E-state index contributed by atoms with van der Waals surface area (Å²) in [5, 5.41) is 2.22. The van der Waals surface area contributed by atoms with E-state index in [0.29, 0.717) is 5.56 Å². The Labute approximate surface area is 158 Å². The van der Waals surface area contributed by atoms with Gasteiger partial charge in [-0.1, -0.05) is 12.1 Å². The van der Waals surface area contributed by atoms with Crippen molar-refractivity contribution >= 4 is 21.9 Å². The predicted octanol–water partition coefficient (Wildman–Crippen LogP) is 1.91. The largest absolute Gasteiger partial charge is 0.481 e. The van der Waals surface area contributed by atoms with Crippen molar-refractivity contribution in [2.45, 2.75) is 18.4 Å². The lowest BCUT2D eigenvalue weighted by Crippen LogP contribution is -2.35. The number of benzene rings is 1. The number of carbonyl (C=O) groups excluding carboxylic acids is 1. The molecule has 152 valence electrons. The molecule has 0 atom stereocenters. The number of amides is 2. The summed E-state index contributed by atoms with van der Waals surface area (Å²) >= 11 is 0. The molecule has 0 fully saturated rings. The monoisotopic (exact) mass is 418 g/mol. The Hall–Kier alpha value is -3.22. The molecule has 0 bridgehead atoms. The van der Waals surface area contributed by atoms with Crippen LogP contribution >= 0.6 is 0 Å². The van der Waals surface area contributed by atoms with Gasteiger partial charge in [0.1, 0.15) is 16.5 Å². The standard InChI is InChI=1S/C15H16F2N4O6S/c1-8-11(19-15(26-3)20-12(8)25-2)18-14(22)21-28(23,24)10-7-5-4-6-9(10)27-13(16)17/h4-7,13H,1-3H3,(H2,18,19,20,21,22). The Morgan fingerprint density at radius 3 is 2.43 bits per heavy atom. The van der Waals surface area contributed by atoms with Crippen molar-refractivity contribution in [2.24, 2.45) is 0 Å². The van der Waals surface area contributed by atoms with Crippen LogP contribution in [0.1, 0.15) is 5.56 Å². The molecule has 0 unspecified atom stereocenters. The molecule has 2 amide bonds. The van der Waals surface area contributed by atoms with Crippen molar-refractivity contribution in [3.8, 4) is 17.6 Å². The Morgan fingerprint density at radius 1 is 1.14 bits per heavy atom. The number of urea groups is 1. The number of hydrogen-bond acceptors (Lipinski definition) is 8. The van der Waals surface area contributed by atoms with Crippen molar-refractivity contribution in [3.05, 3.63) is 29.8 Å². The van der Waals surface area contributed by atoms with Gasteiger partial charge in [-0.15, -0.1) is 0 Å². The van der Waals surface area contributed by atoms with Crippen molar-refractivity contribution in [1.29, 1.82) is 0 Å². The van der Waals surface area contributed by atoms with Crippen molar-refractivity contribution in [3.63, 3.8) is 0 Å². The Kier molecular flexibility index (Phi) is 6.51. The lowest BCUT2D eigenvalue weighted by Gasteiger charge is -2.14. The summed E-state index contributed by atoms with van der Waals surface area (Å²) in [5.74, 6) is -0.589. The minimum absolute atomic E-state index is 0.0754. The van der Waals surface area contributed by atoms with Crippen LogP contribution in [-0.2, 0) is 10.0 Å². The van der Waals surface area contributed by atoms with E-state index in [2.05, 4.69) is 20.0 Å². The molecule has 0 aliphatic carbocycles. The number of alkyl halides is 2. The zero-order chi connectivity index (χ0) is 20.9. The Bertz CT molecular complexity index is 971. The highest BCUT2D eigenvalue weighted by Crippen LogP contribution is 2.26. The normalized spacial score (nSPS) is 11.1. The first kappa shape index (κ1) is 21.1. The zero-order valence-electron chi connectivity index (χ0n) is 14.9. The molecule has 28 heavy (non-hydrogen) atoms. The third kappa shape index (κ3) is 4.94. The summed E-state index contributed by atoms with van der Waals surface area (Å²) in [6, 6.07) is 3.31. The summed E-state index contributed by atoms with van der Waals surface area (Å²) in [5.41, 5.74) is 0.303. The lowest BCUT2D eigenvalue weighted by molar-refractivity contribution is -0.0517. The third-order valence-corrected chi connectivity index (χ3v) is 4.64. The number of halogens is 2. The zero-order valence-corrected chi connectivity index (χ0v) is 15.7. The number of nitrogens with one attached hydrogen (secondary N) is 2. The molecule has 1 aromatic carbocycles. The first-order chi connectivity index (χ1) is 13.2. The van der Waals surface area contributed by atoms with Crippen molar-refractivity contribution in [1.82, 2.24) is 14.7 Å². The maximum absolute atomic E-state index is 12.5. The van der Waals surface area contributed by atoms with Crippen LogP contribution in [0.5, 0.6) is 17.6 Å². The molecular weight excluding hydrogens is 402 g/mol. The van der Waals surface area contributed by atoms with Crippen LogP contribution in [0, 0.1) is 6.92 Å². The van der Waals surface area contributed by atoms with E-state index in [4.69, 9.17) is 9.47 Å². The number of methoxy groups -OCH3 is 2. The molecule has 2 rings (SSSR count). The van der Waals surface area contributed by atoms with Gasteiger partial charge in [0.25, 0.3) is 10.0 Å². The molecule has 0 saturated carbocycles. The minimum Gasteiger partial charge on any atom is -0.481 e. The molecular formula is C15H16F2N4O6S. The predicted molar refractivity (Wildman–Crippen MR) is 92.3 cm³/mol. The van der Waals surface area contributed by atoms with E-state index in [0.717, 1.165) is 12.1 Å². The number of rotatable bonds is 7. The van der Waals surface area contributed by atoms with Gasteiger partial charge in [-0.05, 0) is 19.1 Å². The molecule has 0 aliphatic heterocycles. The van der Waals surface area contributed by atoms with Gasteiger partial charge < -0.3 is 14.2 Å². The second kappa shape index (κ2) is 8.65. The van der Waals surface area contributed by atoms with Crippen molar-refractivity contribution < 1.29 is 36.2 Å². The number of ether oxygens (including phenoxy) is 3. The highest BCUT2D eigenvalue weighted by atomic mass is 32.2. The molecule has 2 N–H and O–H groups in total. The number of aromatic nitrogens is 2. The average molecular weight is 418 g/mol. The Balaban J connectivity index is 2.26. The first-order valence-electron chi connectivity index (χ1n) is 7.52. The van der Waals surface area contributed by atoms with E-state index in [9.17, 15) is 22.0 Å². The van der Waals surface area contributed by atoms with Crippen LogP contribution in [0.4, 0.5) is 19.4 Å². The number of nitrogens with zero attached hydrogens (tertiary/aromatic N) is 2. The van der Waals surface area contributed by atoms with Crippen LogP contribution in [-0.4, -0.2) is 45.2 Å². The maximum atomic E-state index is 12.5. The van der Waals surface area contributed by atoms with Crippen LogP contribution in [0.15, 0.2) is 29.2 Å². The third-order valence-electron chi connectivity index (χ3n) is 3.27. The number of sulfonamides is 1. The summed E-state index contributed by atoms with van der Waals surface area (Å²) < 4.78 is 65.5. The molecule has 0 spiro atoms. The van der Waals surface area contributed by atoms with Crippen LogP contribution in [0.2, 0.25) is 0 Å². The fourth-order valence-electron chi connectivity index (χ4n) is 2.06. The van der Waals surface area contributed by atoms with Gasteiger partial charge >= 0.3 is 18.7 Å². The topological polar surface area (TPSA) is 129 Å². The van der Waals surface area contributed by atoms with E-state index in [1.54, 1.807) is 4.72 Å². The van der Waals surface area contributed by atoms with Crippen LogP contribution < -0.4 is 24.2 Å². The van der Waals surface area contributed by atoms with Crippen LogP contribution in [0.25, 0.3) is 0 Å². The number of carbonyl (C=O) groups is 1. The minimum atomic E-state index is -4.53. The second-order valence-corrected chi connectivity index (χ2v) is 6.73. The van der Waals surface area contributed by atoms with Crippen LogP contribution in [0.3, 0.4) is 0 Å². The maximum Gasteiger partial charge on any atom is 0.387 e. The first-order valence-corrected chi connectivity index (χ1v) is 9.00. The van der Waals surface area contributed by atoms with Gasteiger partial charge in [-0.25, -0.2) is 17.9 Å². The summed E-state index contributed by atoms with van der Waals surface area (Å²) in [4.78, 5) is 19.3. The fraction of sp³-hybridized carbons (Fsp3) is 0.267. The number of para-hydroxylation sites is 1. The number of anilines is 1. The molecule has 13 heteroatoms. The van der Waals surface area contributed by atoms with E-state index >= 15 is 0 Å². The fourth-order valence-corrected chi connectivity index (χ4v) is 3.11. The molecule has 2 aromatic rings. The van der Waals surface area contributed by atoms with Crippen molar-refractivity contribution in [2.75, 3.05) is 19.5 Å². The van der Waals surface area contributed by atoms with Gasteiger partial charge in [-0.3, -0.25) is 5.32 Å². The van der Waals surface area contributed by atoms with E-state index in [1.807, 2.05) is 0 Å². The van der Waals surface area contributed by atoms with E-state index in [1.165, 1.54) is 33.3 Å². The van der Waals surface area contributed by atoms with Gasteiger partial charge in [0.05, 0.1) is 19.8 Å². The van der Waals surface area contributed by atoms with Gasteiger partial charge in [0.15, 0.2) is 0 Å². The summed E-state index contributed by atoms with van der Waals surface area (Å²) in [6.45, 7) is -1.72.